The van der Waals surface area contributed by atoms with Crippen molar-refractivity contribution in [1.29, 1.82) is 0 Å². The van der Waals surface area contributed by atoms with E-state index in [2.05, 4.69) is 15.5 Å². The Balaban J connectivity index is 1.70. The number of carbonyl (C=O) groups excluding carboxylic acids is 1. The Bertz CT molecular complexity index is 949. The summed E-state index contributed by atoms with van der Waals surface area (Å²) < 4.78 is 33.8. The Labute approximate surface area is 165 Å². The third kappa shape index (κ3) is 4.27. The number of hydrogen-bond acceptors (Lipinski definition) is 6. The van der Waals surface area contributed by atoms with Crippen LogP contribution in [0.4, 0.5) is 0 Å². The van der Waals surface area contributed by atoms with Gasteiger partial charge in [0.15, 0.2) is 5.82 Å². The van der Waals surface area contributed by atoms with Crippen molar-refractivity contribution in [3.8, 4) is 0 Å². The number of sulfonamides is 1. The zero-order chi connectivity index (χ0) is 20.5. The van der Waals surface area contributed by atoms with Crippen LogP contribution in [0.3, 0.4) is 0 Å². The highest BCUT2D eigenvalue weighted by atomic mass is 32.2. The number of carbonyl (C=O) groups is 1. The predicted octanol–water partition coefficient (Wildman–Crippen LogP) is 1.81. The quantitative estimate of drug-likeness (QED) is 0.806. The molecular weight excluding hydrogens is 382 g/mol. The summed E-state index contributed by atoms with van der Waals surface area (Å²) in [5, 5.41) is 6.58. The van der Waals surface area contributed by atoms with Crippen LogP contribution in [-0.4, -0.2) is 46.4 Å². The molecular formula is C18H27N5O4S. The average Bonchev–Trinajstić information content (AvgIpc) is 3.27. The van der Waals surface area contributed by atoms with Crippen LogP contribution in [-0.2, 0) is 29.0 Å². The van der Waals surface area contributed by atoms with E-state index in [4.69, 9.17) is 4.52 Å². The van der Waals surface area contributed by atoms with Crippen LogP contribution in [0.2, 0.25) is 0 Å². The molecule has 2 aromatic heterocycles. The number of aromatic nitrogens is 3. The predicted molar refractivity (Wildman–Crippen MR) is 102 cm³/mol. The maximum absolute atomic E-state index is 12.8. The minimum Gasteiger partial charge on any atom is -0.345 e. The van der Waals surface area contributed by atoms with Crippen molar-refractivity contribution in [1.82, 2.24) is 24.3 Å². The van der Waals surface area contributed by atoms with Crippen molar-refractivity contribution >= 4 is 15.9 Å². The molecule has 0 saturated carbocycles. The van der Waals surface area contributed by atoms with E-state index in [1.807, 2.05) is 20.8 Å². The minimum absolute atomic E-state index is 0.0950. The molecule has 0 atom stereocenters. The highest BCUT2D eigenvalue weighted by molar-refractivity contribution is 7.89. The Hall–Kier alpha value is -2.20. The van der Waals surface area contributed by atoms with Gasteiger partial charge in [-0.1, -0.05) is 32.3 Å². The van der Waals surface area contributed by atoms with Gasteiger partial charge in [0.05, 0.1) is 6.54 Å². The molecule has 9 nitrogen and oxygen atoms in total. The fourth-order valence-electron chi connectivity index (χ4n) is 3.04. The van der Waals surface area contributed by atoms with Crippen molar-refractivity contribution in [2.45, 2.75) is 56.9 Å². The number of hydrogen-bond donors (Lipinski definition) is 1. The van der Waals surface area contributed by atoms with Gasteiger partial charge in [-0.3, -0.25) is 4.79 Å². The SMILES string of the molecule is Cn1cc(S(=O)(=O)N2CCCCC2)cc1C(=O)NCc1noc(C(C)(C)C)n1. The Morgan fingerprint density at radius 3 is 2.54 bits per heavy atom. The summed E-state index contributed by atoms with van der Waals surface area (Å²) in [6.07, 6.45) is 4.24. The largest absolute Gasteiger partial charge is 0.345 e. The van der Waals surface area contributed by atoms with Crippen LogP contribution < -0.4 is 5.32 Å². The number of nitrogens with one attached hydrogen (secondary N) is 1. The summed E-state index contributed by atoms with van der Waals surface area (Å²) in [5.41, 5.74) is -0.0134. The van der Waals surface area contributed by atoms with Gasteiger partial charge in [-0.25, -0.2) is 8.42 Å². The summed E-state index contributed by atoms with van der Waals surface area (Å²) >= 11 is 0. The molecule has 154 valence electrons. The first-order chi connectivity index (χ1) is 13.1. The fraction of sp³-hybridized carbons (Fsp3) is 0.611. The molecule has 3 rings (SSSR count). The van der Waals surface area contributed by atoms with Crippen LogP contribution >= 0.6 is 0 Å². The summed E-state index contributed by atoms with van der Waals surface area (Å²) in [6.45, 7) is 7.00. The smallest absolute Gasteiger partial charge is 0.268 e. The number of piperidine rings is 1. The summed E-state index contributed by atoms with van der Waals surface area (Å²) in [6, 6.07) is 1.41. The lowest BCUT2D eigenvalue weighted by Crippen LogP contribution is -2.35. The summed E-state index contributed by atoms with van der Waals surface area (Å²) in [7, 11) is -1.94. The van der Waals surface area contributed by atoms with Gasteiger partial charge in [0.25, 0.3) is 5.91 Å². The highest BCUT2D eigenvalue weighted by Crippen LogP contribution is 2.22. The monoisotopic (exact) mass is 409 g/mol. The first-order valence-corrected chi connectivity index (χ1v) is 10.8. The van der Waals surface area contributed by atoms with E-state index in [0.29, 0.717) is 24.8 Å². The molecule has 10 heteroatoms. The molecule has 0 unspecified atom stereocenters. The molecule has 0 aromatic carbocycles. The van der Waals surface area contributed by atoms with Crippen molar-refractivity contribution in [2.75, 3.05) is 13.1 Å². The molecule has 3 heterocycles. The molecule has 1 amide bonds. The number of nitrogens with zero attached hydrogens (tertiary/aromatic N) is 4. The average molecular weight is 410 g/mol. The van der Waals surface area contributed by atoms with Crippen molar-refractivity contribution in [2.24, 2.45) is 7.05 Å². The van der Waals surface area contributed by atoms with Gasteiger partial charge in [0.2, 0.25) is 15.9 Å². The minimum atomic E-state index is -3.58. The molecule has 0 radical (unpaired) electrons. The first-order valence-electron chi connectivity index (χ1n) is 9.37. The molecule has 1 aliphatic heterocycles. The maximum atomic E-state index is 12.8. The molecule has 1 saturated heterocycles. The molecule has 1 N–H and O–H groups in total. The van der Waals surface area contributed by atoms with Gasteiger partial charge in [0, 0.05) is 31.7 Å². The Morgan fingerprint density at radius 1 is 1.25 bits per heavy atom. The van der Waals surface area contributed by atoms with E-state index in [-0.39, 0.29) is 22.5 Å². The molecule has 2 aromatic rings. The van der Waals surface area contributed by atoms with E-state index >= 15 is 0 Å². The molecule has 28 heavy (non-hydrogen) atoms. The van der Waals surface area contributed by atoms with Gasteiger partial charge >= 0.3 is 0 Å². The lowest BCUT2D eigenvalue weighted by Gasteiger charge is -2.25. The second-order valence-electron chi connectivity index (χ2n) is 8.09. The summed E-state index contributed by atoms with van der Waals surface area (Å²) in [4.78, 5) is 16.9. The number of amides is 1. The van der Waals surface area contributed by atoms with E-state index in [1.165, 1.54) is 21.1 Å². The van der Waals surface area contributed by atoms with Gasteiger partial charge in [-0.05, 0) is 18.9 Å². The number of aryl methyl sites for hydroxylation is 1. The van der Waals surface area contributed by atoms with E-state index in [0.717, 1.165) is 19.3 Å². The first kappa shape index (κ1) is 20.5. The molecule has 0 bridgehead atoms. The normalized spacial score (nSPS) is 16.3. The van der Waals surface area contributed by atoms with Crippen molar-refractivity contribution in [3.63, 3.8) is 0 Å². The van der Waals surface area contributed by atoms with Gasteiger partial charge < -0.3 is 14.4 Å². The lowest BCUT2D eigenvalue weighted by molar-refractivity contribution is 0.0941. The van der Waals surface area contributed by atoms with Crippen LogP contribution in [0.1, 0.15) is 62.2 Å². The highest BCUT2D eigenvalue weighted by Gasteiger charge is 2.28. The summed E-state index contributed by atoms with van der Waals surface area (Å²) in [5.74, 6) is 0.462. The second kappa shape index (κ2) is 7.67. The molecule has 1 fully saturated rings. The Morgan fingerprint density at radius 2 is 1.93 bits per heavy atom. The van der Waals surface area contributed by atoms with Gasteiger partial charge in [0.1, 0.15) is 10.6 Å². The third-order valence-electron chi connectivity index (χ3n) is 4.68. The second-order valence-corrected chi connectivity index (χ2v) is 10.0. The van der Waals surface area contributed by atoms with E-state index in [9.17, 15) is 13.2 Å². The Kier molecular flexibility index (Phi) is 5.62. The van der Waals surface area contributed by atoms with Gasteiger partial charge in [-0.15, -0.1) is 0 Å². The van der Waals surface area contributed by atoms with Gasteiger partial charge in [-0.2, -0.15) is 9.29 Å². The maximum Gasteiger partial charge on any atom is 0.268 e. The fourth-order valence-corrected chi connectivity index (χ4v) is 4.62. The molecule has 0 spiro atoms. The number of rotatable bonds is 5. The third-order valence-corrected chi connectivity index (χ3v) is 6.55. The zero-order valence-corrected chi connectivity index (χ0v) is 17.5. The van der Waals surface area contributed by atoms with Crippen LogP contribution in [0.15, 0.2) is 21.7 Å². The van der Waals surface area contributed by atoms with Crippen molar-refractivity contribution in [3.05, 3.63) is 29.7 Å². The van der Waals surface area contributed by atoms with E-state index < -0.39 is 15.9 Å². The molecule has 0 aliphatic carbocycles. The van der Waals surface area contributed by atoms with E-state index in [1.54, 1.807) is 7.05 Å². The zero-order valence-electron chi connectivity index (χ0n) is 16.7. The lowest BCUT2D eigenvalue weighted by atomic mass is 9.97. The van der Waals surface area contributed by atoms with Crippen LogP contribution in [0.5, 0.6) is 0 Å². The topological polar surface area (TPSA) is 110 Å². The molecule has 1 aliphatic rings. The van der Waals surface area contributed by atoms with Crippen molar-refractivity contribution < 1.29 is 17.7 Å². The van der Waals surface area contributed by atoms with Crippen LogP contribution in [0, 0.1) is 0 Å². The van der Waals surface area contributed by atoms with Crippen LogP contribution in [0.25, 0.3) is 0 Å². The standard InChI is InChI=1S/C18H27N5O4S/c1-18(2,3)17-20-15(21-27-17)11-19-16(24)14-10-13(12-22(14)4)28(25,26)23-8-6-5-7-9-23/h10,12H,5-9,11H2,1-4H3,(H,19,24).